The Morgan fingerprint density at radius 1 is 0.583 bits per heavy atom. The molecule has 1 aliphatic carbocycles. The maximum atomic E-state index is 2.26. The van der Waals surface area contributed by atoms with Crippen LogP contribution in [0.25, 0.3) is 0 Å². The minimum Gasteiger partial charge on any atom is -0.0882 e. The van der Waals surface area contributed by atoms with Gasteiger partial charge in [-0.25, -0.2) is 0 Å². The van der Waals surface area contributed by atoms with Crippen molar-refractivity contribution < 1.29 is 0 Å². The van der Waals surface area contributed by atoms with Crippen molar-refractivity contribution in [2.75, 3.05) is 0 Å². The van der Waals surface area contributed by atoms with Gasteiger partial charge >= 0.3 is 0 Å². The first-order chi connectivity index (χ1) is 6.00. The third-order valence-corrected chi connectivity index (χ3v) is 1.88. The maximum absolute atomic E-state index is 2.26. The zero-order valence-corrected chi connectivity index (χ0v) is 7.58. The van der Waals surface area contributed by atoms with E-state index in [9.17, 15) is 0 Å². The van der Waals surface area contributed by atoms with Crippen molar-refractivity contribution in [3.05, 3.63) is 42.9 Å². The molecular weight excluding hydrogens is 144 g/mol. The molecule has 0 spiro atoms. The molecule has 0 aromatic rings. The van der Waals surface area contributed by atoms with E-state index >= 15 is 0 Å². The van der Waals surface area contributed by atoms with Crippen molar-refractivity contribution >= 4 is 0 Å². The SMILES string of the molecule is [CH]1/C=C/CC/C=C/C/C=C/CC1. The molecule has 0 unspecified atom stereocenters. The fourth-order valence-corrected chi connectivity index (χ4v) is 1.18. The first-order valence-corrected chi connectivity index (χ1v) is 4.78. The fraction of sp³-hybridized carbons (Fsp3) is 0.417. The van der Waals surface area contributed by atoms with E-state index in [2.05, 4.69) is 42.9 Å². The van der Waals surface area contributed by atoms with Crippen LogP contribution in [0.5, 0.6) is 0 Å². The van der Waals surface area contributed by atoms with Crippen LogP contribution in [0.15, 0.2) is 36.5 Å². The Morgan fingerprint density at radius 3 is 2.08 bits per heavy atom. The van der Waals surface area contributed by atoms with E-state index in [1.54, 1.807) is 0 Å². The van der Waals surface area contributed by atoms with Gasteiger partial charge in [0.25, 0.3) is 0 Å². The molecular formula is C12H17. The second-order valence-corrected chi connectivity index (χ2v) is 3.00. The number of hydrogen-bond donors (Lipinski definition) is 0. The largest absolute Gasteiger partial charge is 0.0882 e. The highest BCUT2D eigenvalue weighted by molar-refractivity contribution is 5.00. The van der Waals surface area contributed by atoms with Crippen molar-refractivity contribution in [1.82, 2.24) is 0 Å². The molecule has 1 radical (unpaired) electrons. The summed E-state index contributed by atoms with van der Waals surface area (Å²) >= 11 is 0. The lowest BCUT2D eigenvalue weighted by atomic mass is 10.1. The standard InChI is InChI=1S/C12H17/c1-2-4-6-8-10-12-11-9-7-5-3-1/h1-3,8-11H,4-7,12H2/b2-1+,10-8+,11-9+. The summed E-state index contributed by atoms with van der Waals surface area (Å²) in [7, 11) is 0. The summed E-state index contributed by atoms with van der Waals surface area (Å²) in [6.45, 7) is 0. The van der Waals surface area contributed by atoms with Crippen LogP contribution in [-0.2, 0) is 0 Å². The molecule has 65 valence electrons. The smallest absolute Gasteiger partial charge is 0.0167 e. The van der Waals surface area contributed by atoms with Crippen LogP contribution in [0.2, 0.25) is 0 Å². The van der Waals surface area contributed by atoms with E-state index < -0.39 is 0 Å². The van der Waals surface area contributed by atoms with Crippen molar-refractivity contribution in [3.8, 4) is 0 Å². The molecule has 0 aromatic heterocycles. The van der Waals surface area contributed by atoms with Crippen LogP contribution in [0.3, 0.4) is 0 Å². The fourth-order valence-electron chi connectivity index (χ4n) is 1.18. The lowest BCUT2D eigenvalue weighted by Gasteiger charge is -1.92. The molecule has 0 bridgehead atoms. The van der Waals surface area contributed by atoms with Gasteiger partial charge in [-0.1, -0.05) is 36.5 Å². The number of rotatable bonds is 0. The van der Waals surface area contributed by atoms with Crippen LogP contribution < -0.4 is 0 Å². The number of allylic oxidation sites excluding steroid dienone is 6. The molecule has 0 heteroatoms. The van der Waals surface area contributed by atoms with Crippen molar-refractivity contribution in [3.63, 3.8) is 0 Å². The molecule has 12 heavy (non-hydrogen) atoms. The Balaban J connectivity index is 2.30. The minimum atomic E-state index is 1.10. The van der Waals surface area contributed by atoms with Gasteiger partial charge in [-0.05, 0) is 38.5 Å². The summed E-state index contributed by atoms with van der Waals surface area (Å²) in [6, 6.07) is 0. The Bertz CT molecular complexity index is 172. The second kappa shape index (κ2) is 6.90. The molecule has 0 heterocycles. The van der Waals surface area contributed by atoms with Gasteiger partial charge < -0.3 is 0 Å². The average molecular weight is 161 g/mol. The molecule has 0 saturated carbocycles. The summed E-state index contributed by atoms with van der Waals surface area (Å²) in [5, 5.41) is 0. The third kappa shape index (κ3) is 4.95. The predicted molar refractivity (Wildman–Crippen MR) is 54.8 cm³/mol. The summed E-state index contributed by atoms with van der Waals surface area (Å²) in [4.78, 5) is 0. The predicted octanol–water partition coefficient (Wildman–Crippen LogP) is 3.82. The normalized spacial score (nSPS) is 28.0. The Morgan fingerprint density at radius 2 is 1.25 bits per heavy atom. The van der Waals surface area contributed by atoms with E-state index in [1.165, 1.54) is 25.7 Å². The molecule has 0 atom stereocenters. The van der Waals surface area contributed by atoms with E-state index in [1.807, 2.05) is 0 Å². The molecule has 0 saturated heterocycles. The molecule has 1 rings (SSSR count). The highest BCUT2D eigenvalue weighted by Crippen LogP contribution is 2.02. The van der Waals surface area contributed by atoms with Gasteiger partial charge in [0, 0.05) is 0 Å². The van der Waals surface area contributed by atoms with Gasteiger partial charge in [0.1, 0.15) is 0 Å². The van der Waals surface area contributed by atoms with Crippen LogP contribution in [0.4, 0.5) is 0 Å². The monoisotopic (exact) mass is 161 g/mol. The summed E-state index contributed by atoms with van der Waals surface area (Å²) in [5.41, 5.74) is 0. The van der Waals surface area contributed by atoms with E-state index in [0.29, 0.717) is 0 Å². The molecule has 0 nitrogen and oxygen atoms in total. The molecule has 0 aromatic carbocycles. The van der Waals surface area contributed by atoms with Crippen LogP contribution in [-0.4, -0.2) is 0 Å². The van der Waals surface area contributed by atoms with E-state index in [0.717, 1.165) is 6.42 Å². The molecule has 1 aliphatic rings. The van der Waals surface area contributed by atoms with Crippen LogP contribution >= 0.6 is 0 Å². The van der Waals surface area contributed by atoms with Gasteiger partial charge in [0.15, 0.2) is 0 Å². The van der Waals surface area contributed by atoms with Gasteiger partial charge in [-0.2, -0.15) is 0 Å². The molecule has 0 amide bonds. The van der Waals surface area contributed by atoms with Crippen LogP contribution in [0.1, 0.15) is 32.1 Å². The Labute approximate surface area is 75.7 Å². The summed E-state index contributed by atoms with van der Waals surface area (Å²) in [6.07, 6.45) is 21.5. The maximum Gasteiger partial charge on any atom is -0.0167 e. The molecule has 0 fully saturated rings. The third-order valence-electron chi connectivity index (χ3n) is 1.88. The lowest BCUT2D eigenvalue weighted by molar-refractivity contribution is 0.981. The van der Waals surface area contributed by atoms with Crippen molar-refractivity contribution in [2.45, 2.75) is 32.1 Å². The Kier molecular flexibility index (Phi) is 5.35. The molecule has 0 aliphatic heterocycles. The highest BCUT2D eigenvalue weighted by Gasteiger charge is 1.83. The first kappa shape index (κ1) is 9.31. The second-order valence-electron chi connectivity index (χ2n) is 3.00. The van der Waals surface area contributed by atoms with Gasteiger partial charge in [0.2, 0.25) is 0 Å². The van der Waals surface area contributed by atoms with E-state index in [4.69, 9.17) is 0 Å². The average Bonchev–Trinajstić information content (AvgIpc) is 2.05. The topological polar surface area (TPSA) is 0 Å². The van der Waals surface area contributed by atoms with Gasteiger partial charge in [-0.15, -0.1) is 0 Å². The van der Waals surface area contributed by atoms with Gasteiger partial charge in [0.05, 0.1) is 0 Å². The van der Waals surface area contributed by atoms with E-state index in [-0.39, 0.29) is 0 Å². The lowest BCUT2D eigenvalue weighted by Crippen LogP contribution is -1.73. The minimum absolute atomic E-state index is 1.10. The zero-order chi connectivity index (χ0) is 8.49. The molecule has 0 N–H and O–H groups in total. The highest BCUT2D eigenvalue weighted by atomic mass is 13.9. The van der Waals surface area contributed by atoms with Crippen LogP contribution in [0, 0.1) is 6.42 Å². The number of hydrogen-bond acceptors (Lipinski definition) is 0. The first-order valence-electron chi connectivity index (χ1n) is 4.78. The quantitative estimate of drug-likeness (QED) is 0.474. The zero-order valence-electron chi connectivity index (χ0n) is 7.58. The van der Waals surface area contributed by atoms with Gasteiger partial charge in [-0.3, -0.25) is 0 Å². The van der Waals surface area contributed by atoms with Crippen molar-refractivity contribution in [1.29, 1.82) is 0 Å². The van der Waals surface area contributed by atoms with Crippen molar-refractivity contribution in [2.24, 2.45) is 0 Å². The summed E-state index contributed by atoms with van der Waals surface area (Å²) < 4.78 is 0. The Hall–Kier alpha value is -0.780. The summed E-state index contributed by atoms with van der Waals surface area (Å²) in [5.74, 6) is 0.